The van der Waals surface area contributed by atoms with Crippen molar-refractivity contribution >= 4 is 17.9 Å². The Hall–Kier alpha value is -2.37. The number of rotatable bonds is 45. The van der Waals surface area contributed by atoms with E-state index in [1.54, 1.807) is 0 Å². The first-order valence-corrected chi connectivity index (χ1v) is 25.0. The average Bonchev–Trinajstić information content (AvgIpc) is 3.22. The van der Waals surface area contributed by atoms with Crippen molar-refractivity contribution in [3.8, 4) is 0 Å². The molecule has 6 heteroatoms. The van der Waals surface area contributed by atoms with Gasteiger partial charge in [-0.05, 0) is 57.8 Å². The van der Waals surface area contributed by atoms with Crippen LogP contribution in [-0.4, -0.2) is 37.2 Å². The van der Waals surface area contributed by atoms with Crippen molar-refractivity contribution in [1.29, 1.82) is 0 Å². The van der Waals surface area contributed by atoms with E-state index in [1.807, 2.05) is 0 Å². The Kier molecular flexibility index (Phi) is 45.4. The summed E-state index contributed by atoms with van der Waals surface area (Å²) in [5.74, 6) is -0.886. The van der Waals surface area contributed by atoms with Crippen LogP contribution in [0.4, 0.5) is 0 Å². The molecule has 0 N–H and O–H groups in total. The zero-order valence-electron chi connectivity index (χ0n) is 38.6. The first-order chi connectivity index (χ1) is 28.5. The summed E-state index contributed by atoms with van der Waals surface area (Å²) in [6, 6.07) is 0. The average molecular weight is 815 g/mol. The Morgan fingerprint density at radius 1 is 0.345 bits per heavy atom. The maximum absolute atomic E-state index is 12.6. The molecule has 0 heterocycles. The number of esters is 3. The topological polar surface area (TPSA) is 78.9 Å². The lowest BCUT2D eigenvalue weighted by Crippen LogP contribution is -2.30. The second-order valence-electron chi connectivity index (χ2n) is 16.7. The molecule has 0 aliphatic carbocycles. The fourth-order valence-corrected chi connectivity index (χ4v) is 7.10. The molecule has 0 aliphatic heterocycles. The van der Waals surface area contributed by atoms with E-state index in [0.717, 1.165) is 77.0 Å². The summed E-state index contributed by atoms with van der Waals surface area (Å²) in [6.07, 6.45) is 54.6. The van der Waals surface area contributed by atoms with E-state index in [9.17, 15) is 14.4 Å². The van der Waals surface area contributed by atoms with Gasteiger partial charge in [0.1, 0.15) is 13.2 Å². The molecule has 0 aromatic heterocycles. The van der Waals surface area contributed by atoms with Crippen LogP contribution in [0, 0.1) is 0 Å². The molecule has 1 atom stereocenters. The van der Waals surface area contributed by atoms with E-state index >= 15 is 0 Å². The minimum Gasteiger partial charge on any atom is -0.462 e. The lowest BCUT2D eigenvalue weighted by Gasteiger charge is -2.18. The molecule has 1 unspecified atom stereocenters. The Morgan fingerprint density at radius 2 is 0.621 bits per heavy atom. The lowest BCUT2D eigenvalue weighted by atomic mass is 10.1. The number of carbonyl (C=O) groups is 3. The first-order valence-electron chi connectivity index (χ1n) is 25.0. The van der Waals surface area contributed by atoms with Gasteiger partial charge >= 0.3 is 17.9 Å². The van der Waals surface area contributed by atoms with Gasteiger partial charge < -0.3 is 14.2 Å². The van der Waals surface area contributed by atoms with E-state index in [-0.39, 0.29) is 31.1 Å². The van der Waals surface area contributed by atoms with Gasteiger partial charge in [0.05, 0.1) is 0 Å². The molecule has 0 aromatic rings. The second-order valence-corrected chi connectivity index (χ2v) is 16.7. The van der Waals surface area contributed by atoms with Gasteiger partial charge in [-0.25, -0.2) is 0 Å². The molecule has 0 rings (SSSR count). The van der Waals surface area contributed by atoms with Gasteiger partial charge in [0, 0.05) is 19.3 Å². The summed E-state index contributed by atoms with van der Waals surface area (Å²) in [5.41, 5.74) is 0. The summed E-state index contributed by atoms with van der Waals surface area (Å²) < 4.78 is 16.6. The summed E-state index contributed by atoms with van der Waals surface area (Å²) in [6.45, 7) is 6.53. The minimum atomic E-state index is -0.764. The van der Waals surface area contributed by atoms with Crippen molar-refractivity contribution in [3.05, 3.63) is 36.5 Å². The zero-order valence-corrected chi connectivity index (χ0v) is 38.6. The van der Waals surface area contributed by atoms with Crippen molar-refractivity contribution < 1.29 is 28.6 Å². The van der Waals surface area contributed by atoms with E-state index in [0.29, 0.717) is 19.3 Å². The van der Waals surface area contributed by atoms with Crippen LogP contribution in [0.15, 0.2) is 36.5 Å². The molecule has 58 heavy (non-hydrogen) atoms. The Bertz CT molecular complexity index is 984. The Balaban J connectivity index is 4.04. The highest BCUT2D eigenvalue weighted by Gasteiger charge is 2.19. The van der Waals surface area contributed by atoms with Crippen molar-refractivity contribution in [2.75, 3.05) is 13.2 Å². The number of carbonyl (C=O) groups excluding carboxylic acids is 3. The molecule has 0 bridgehead atoms. The van der Waals surface area contributed by atoms with Gasteiger partial charge in [0.15, 0.2) is 6.10 Å². The predicted octanol–water partition coefficient (Wildman–Crippen LogP) is 16.1. The SMILES string of the molecule is CCCCCCC/C=C\C/C=C\C/C=C\CCCCCCCCCCCCC(=O)OCC(COC(=O)CCCCCCC)OC(=O)CCCCCCCCCCCC. The standard InChI is InChI=1S/C52H94O6/c1-4-7-10-13-15-17-19-20-21-22-23-24-25-26-27-28-29-30-31-32-33-35-36-39-42-45-51(54)57-48-49(47-56-50(53)44-41-38-12-9-6-3)58-52(55)46-43-40-37-34-18-16-14-11-8-5-2/h19-20,22-23,25-26,49H,4-18,21,24,27-48H2,1-3H3/b20-19-,23-22-,26-25-. The first kappa shape index (κ1) is 55.6. The number of hydrogen-bond acceptors (Lipinski definition) is 6. The third kappa shape index (κ3) is 44.7. The van der Waals surface area contributed by atoms with Crippen LogP contribution < -0.4 is 0 Å². The van der Waals surface area contributed by atoms with Crippen molar-refractivity contribution in [2.45, 2.75) is 264 Å². The van der Waals surface area contributed by atoms with Gasteiger partial charge in [-0.15, -0.1) is 0 Å². The van der Waals surface area contributed by atoms with E-state index < -0.39 is 6.10 Å². The molecule has 0 fully saturated rings. The van der Waals surface area contributed by atoms with E-state index in [2.05, 4.69) is 57.2 Å². The number of ether oxygens (including phenoxy) is 3. The fraction of sp³-hybridized carbons (Fsp3) is 0.827. The summed E-state index contributed by atoms with van der Waals surface area (Å²) >= 11 is 0. The van der Waals surface area contributed by atoms with Crippen LogP contribution in [0.3, 0.4) is 0 Å². The Morgan fingerprint density at radius 3 is 0.966 bits per heavy atom. The molecular weight excluding hydrogens is 721 g/mol. The molecule has 0 aromatic carbocycles. The van der Waals surface area contributed by atoms with Crippen LogP contribution in [0.2, 0.25) is 0 Å². The van der Waals surface area contributed by atoms with Crippen LogP contribution >= 0.6 is 0 Å². The lowest BCUT2D eigenvalue weighted by molar-refractivity contribution is -0.167. The normalized spacial score (nSPS) is 12.3. The van der Waals surface area contributed by atoms with Crippen LogP contribution in [0.1, 0.15) is 258 Å². The van der Waals surface area contributed by atoms with Gasteiger partial charge in [0.2, 0.25) is 0 Å². The molecule has 338 valence electrons. The van der Waals surface area contributed by atoms with Crippen LogP contribution in [0.5, 0.6) is 0 Å². The third-order valence-corrected chi connectivity index (χ3v) is 10.9. The molecule has 0 aliphatic rings. The quantitative estimate of drug-likeness (QED) is 0.0264. The maximum atomic E-state index is 12.6. The fourth-order valence-electron chi connectivity index (χ4n) is 7.10. The smallest absolute Gasteiger partial charge is 0.306 e. The van der Waals surface area contributed by atoms with Crippen LogP contribution in [0.25, 0.3) is 0 Å². The molecule has 0 saturated carbocycles. The monoisotopic (exact) mass is 815 g/mol. The molecule has 6 nitrogen and oxygen atoms in total. The van der Waals surface area contributed by atoms with Gasteiger partial charge in [-0.1, -0.05) is 218 Å². The maximum Gasteiger partial charge on any atom is 0.306 e. The summed E-state index contributed by atoms with van der Waals surface area (Å²) in [4.78, 5) is 37.5. The summed E-state index contributed by atoms with van der Waals surface area (Å²) in [5, 5.41) is 0. The molecule has 0 radical (unpaired) electrons. The third-order valence-electron chi connectivity index (χ3n) is 10.9. The second kappa shape index (κ2) is 47.3. The molecular formula is C52H94O6. The van der Waals surface area contributed by atoms with E-state index in [4.69, 9.17) is 14.2 Å². The highest BCUT2D eigenvalue weighted by Crippen LogP contribution is 2.15. The molecule has 0 amide bonds. The Labute approximate surface area is 359 Å². The molecule has 0 saturated heterocycles. The zero-order chi connectivity index (χ0) is 42.3. The van der Waals surface area contributed by atoms with Crippen molar-refractivity contribution in [1.82, 2.24) is 0 Å². The number of hydrogen-bond donors (Lipinski definition) is 0. The summed E-state index contributed by atoms with van der Waals surface area (Å²) in [7, 11) is 0. The number of allylic oxidation sites excluding steroid dienone is 6. The van der Waals surface area contributed by atoms with Gasteiger partial charge in [-0.3, -0.25) is 14.4 Å². The largest absolute Gasteiger partial charge is 0.462 e. The van der Waals surface area contributed by atoms with Crippen molar-refractivity contribution in [3.63, 3.8) is 0 Å². The van der Waals surface area contributed by atoms with E-state index in [1.165, 1.54) is 141 Å². The van der Waals surface area contributed by atoms with Gasteiger partial charge in [-0.2, -0.15) is 0 Å². The highest BCUT2D eigenvalue weighted by atomic mass is 16.6. The highest BCUT2D eigenvalue weighted by molar-refractivity contribution is 5.71. The minimum absolute atomic E-state index is 0.0719. The number of unbranched alkanes of at least 4 members (excludes halogenated alkanes) is 28. The molecule has 0 spiro atoms. The van der Waals surface area contributed by atoms with Crippen LogP contribution in [-0.2, 0) is 28.6 Å². The van der Waals surface area contributed by atoms with Crippen molar-refractivity contribution in [2.24, 2.45) is 0 Å². The predicted molar refractivity (Wildman–Crippen MR) is 247 cm³/mol. The van der Waals surface area contributed by atoms with Gasteiger partial charge in [0.25, 0.3) is 0 Å².